The minimum atomic E-state index is -0.661. The zero-order valence-corrected chi connectivity index (χ0v) is 16.1. The van der Waals surface area contributed by atoms with E-state index in [1.54, 1.807) is 0 Å². The lowest BCUT2D eigenvalue weighted by Gasteiger charge is -2.29. The number of likely N-dealkylation sites (tertiary alicyclic amines) is 1. The Bertz CT molecular complexity index is 583. The minimum absolute atomic E-state index is 0.00250. The number of rotatable bonds is 9. The first-order valence-electron chi connectivity index (χ1n) is 9.64. The van der Waals surface area contributed by atoms with E-state index in [-0.39, 0.29) is 11.8 Å². The van der Waals surface area contributed by atoms with Crippen LogP contribution in [0.4, 0.5) is 0 Å². The van der Waals surface area contributed by atoms with Gasteiger partial charge < -0.3 is 4.90 Å². The van der Waals surface area contributed by atoms with Gasteiger partial charge in [-0.2, -0.15) is 0 Å². The first kappa shape index (κ1) is 19.6. The number of benzene rings is 1. The van der Waals surface area contributed by atoms with Crippen LogP contribution in [0.1, 0.15) is 58.9 Å². The van der Waals surface area contributed by atoms with Crippen molar-refractivity contribution in [3.05, 3.63) is 35.9 Å². The predicted molar refractivity (Wildman–Crippen MR) is 101 cm³/mol. The normalized spacial score (nSPS) is 22.0. The third kappa shape index (κ3) is 3.95. The van der Waals surface area contributed by atoms with Crippen molar-refractivity contribution in [3.63, 3.8) is 0 Å². The molecule has 4 nitrogen and oxygen atoms in total. The van der Waals surface area contributed by atoms with Gasteiger partial charge >= 0.3 is 0 Å². The number of carbonyl (C=O) groups excluding carboxylic acids is 2. The van der Waals surface area contributed by atoms with E-state index in [1.807, 2.05) is 30.3 Å². The van der Waals surface area contributed by atoms with Crippen LogP contribution in [-0.2, 0) is 15.0 Å². The Morgan fingerprint density at radius 2 is 1.76 bits per heavy atom. The van der Waals surface area contributed by atoms with Crippen LogP contribution in [-0.4, -0.2) is 47.3 Å². The van der Waals surface area contributed by atoms with Crippen molar-refractivity contribution in [1.29, 1.82) is 0 Å². The predicted octanol–water partition coefficient (Wildman–Crippen LogP) is 3.60. The van der Waals surface area contributed by atoms with Gasteiger partial charge in [-0.3, -0.25) is 14.5 Å². The highest BCUT2D eigenvalue weighted by atomic mass is 16.2. The van der Waals surface area contributed by atoms with E-state index in [0.717, 1.165) is 37.9 Å². The Morgan fingerprint density at radius 3 is 2.32 bits per heavy atom. The van der Waals surface area contributed by atoms with E-state index >= 15 is 0 Å². The van der Waals surface area contributed by atoms with Gasteiger partial charge in [-0.05, 0) is 38.4 Å². The van der Waals surface area contributed by atoms with E-state index in [0.29, 0.717) is 19.0 Å². The summed E-state index contributed by atoms with van der Waals surface area (Å²) in [6, 6.07) is 10.2. The minimum Gasteiger partial charge on any atom is -0.301 e. The van der Waals surface area contributed by atoms with Gasteiger partial charge in [0, 0.05) is 19.0 Å². The van der Waals surface area contributed by atoms with Crippen LogP contribution in [0, 0.1) is 0 Å². The highest BCUT2D eigenvalue weighted by Gasteiger charge is 2.51. The Labute approximate surface area is 152 Å². The van der Waals surface area contributed by atoms with Gasteiger partial charge in [0.05, 0.1) is 5.41 Å². The van der Waals surface area contributed by atoms with Crippen molar-refractivity contribution in [3.8, 4) is 0 Å². The largest absolute Gasteiger partial charge is 0.301 e. The standard InChI is InChI=1S/C21H32N2O2/c1-5-14-21(18-11-9-8-10-12-18)16-19(24)23(20(21)25)15-13-17(4)22(6-2)7-3/h8-12,17H,5-7,13-16H2,1-4H3. The van der Waals surface area contributed by atoms with Gasteiger partial charge in [-0.25, -0.2) is 0 Å². The lowest BCUT2D eigenvalue weighted by Crippen LogP contribution is -2.41. The smallest absolute Gasteiger partial charge is 0.240 e. The number of hydrogen-bond donors (Lipinski definition) is 0. The molecule has 1 aromatic rings. The monoisotopic (exact) mass is 344 g/mol. The molecule has 0 radical (unpaired) electrons. The molecule has 1 aliphatic heterocycles. The molecule has 2 rings (SSSR count). The van der Waals surface area contributed by atoms with Gasteiger partial charge in [0.15, 0.2) is 0 Å². The van der Waals surface area contributed by atoms with Crippen molar-refractivity contribution < 1.29 is 9.59 Å². The molecule has 4 heteroatoms. The molecule has 1 aliphatic rings. The summed E-state index contributed by atoms with van der Waals surface area (Å²) in [7, 11) is 0. The molecule has 0 N–H and O–H groups in total. The molecule has 138 valence electrons. The first-order chi connectivity index (χ1) is 12.0. The number of carbonyl (C=O) groups is 2. The summed E-state index contributed by atoms with van der Waals surface area (Å²) in [5.41, 5.74) is 0.320. The first-order valence-corrected chi connectivity index (χ1v) is 9.64. The number of imide groups is 1. The van der Waals surface area contributed by atoms with Crippen molar-refractivity contribution in [2.75, 3.05) is 19.6 Å². The molecular formula is C21H32N2O2. The second-order valence-corrected chi connectivity index (χ2v) is 7.08. The summed E-state index contributed by atoms with van der Waals surface area (Å²) < 4.78 is 0. The summed E-state index contributed by atoms with van der Waals surface area (Å²) in [5, 5.41) is 0. The molecule has 0 bridgehead atoms. The molecule has 1 fully saturated rings. The summed E-state index contributed by atoms with van der Waals surface area (Å²) in [6.07, 6.45) is 2.75. The molecule has 0 spiro atoms. The molecule has 2 unspecified atom stereocenters. The Morgan fingerprint density at radius 1 is 1.12 bits per heavy atom. The third-order valence-corrected chi connectivity index (χ3v) is 5.62. The lowest BCUT2D eigenvalue weighted by atomic mass is 9.75. The molecule has 2 amide bonds. The van der Waals surface area contributed by atoms with Crippen molar-refractivity contribution in [1.82, 2.24) is 9.80 Å². The fourth-order valence-corrected chi connectivity index (χ4v) is 4.12. The molecule has 25 heavy (non-hydrogen) atoms. The van der Waals surface area contributed by atoms with E-state index in [2.05, 4.69) is 32.6 Å². The average molecular weight is 344 g/mol. The van der Waals surface area contributed by atoms with Gasteiger partial charge in [-0.15, -0.1) is 0 Å². The quantitative estimate of drug-likeness (QED) is 0.643. The number of nitrogens with zero attached hydrogens (tertiary/aromatic N) is 2. The van der Waals surface area contributed by atoms with Crippen LogP contribution < -0.4 is 0 Å². The lowest BCUT2D eigenvalue weighted by molar-refractivity contribution is -0.140. The maximum Gasteiger partial charge on any atom is 0.240 e. The number of hydrogen-bond acceptors (Lipinski definition) is 3. The zero-order chi connectivity index (χ0) is 18.4. The third-order valence-electron chi connectivity index (χ3n) is 5.62. The molecule has 0 aliphatic carbocycles. The Kier molecular flexibility index (Phi) is 6.77. The van der Waals surface area contributed by atoms with Crippen LogP contribution in [0.2, 0.25) is 0 Å². The van der Waals surface area contributed by atoms with E-state index in [9.17, 15) is 9.59 Å². The summed E-state index contributed by atoms with van der Waals surface area (Å²) in [4.78, 5) is 29.8. The van der Waals surface area contributed by atoms with E-state index < -0.39 is 5.41 Å². The molecule has 0 saturated carbocycles. The number of amides is 2. The second-order valence-electron chi connectivity index (χ2n) is 7.08. The Hall–Kier alpha value is -1.68. The van der Waals surface area contributed by atoms with Crippen LogP contribution >= 0.6 is 0 Å². The average Bonchev–Trinajstić information content (AvgIpc) is 2.86. The van der Waals surface area contributed by atoms with Crippen molar-refractivity contribution in [2.45, 2.75) is 64.8 Å². The van der Waals surface area contributed by atoms with Crippen LogP contribution in [0.15, 0.2) is 30.3 Å². The molecule has 2 atom stereocenters. The topological polar surface area (TPSA) is 40.6 Å². The maximum absolute atomic E-state index is 13.2. The highest BCUT2D eigenvalue weighted by Crippen LogP contribution is 2.40. The maximum atomic E-state index is 13.2. The van der Waals surface area contributed by atoms with Crippen LogP contribution in [0.3, 0.4) is 0 Å². The molecule has 1 saturated heterocycles. The van der Waals surface area contributed by atoms with Gasteiger partial charge in [0.2, 0.25) is 11.8 Å². The molecular weight excluding hydrogens is 312 g/mol. The Balaban J connectivity index is 2.17. The molecule has 0 aromatic heterocycles. The van der Waals surface area contributed by atoms with Gasteiger partial charge in [0.1, 0.15) is 0 Å². The second kappa shape index (κ2) is 8.61. The van der Waals surface area contributed by atoms with E-state index in [4.69, 9.17) is 0 Å². The summed E-state index contributed by atoms with van der Waals surface area (Å²) in [6.45, 7) is 11.0. The van der Waals surface area contributed by atoms with Crippen molar-refractivity contribution in [2.24, 2.45) is 0 Å². The van der Waals surface area contributed by atoms with Gasteiger partial charge in [0.25, 0.3) is 0 Å². The summed E-state index contributed by atoms with van der Waals surface area (Å²) >= 11 is 0. The van der Waals surface area contributed by atoms with Gasteiger partial charge in [-0.1, -0.05) is 57.5 Å². The van der Waals surface area contributed by atoms with Crippen molar-refractivity contribution >= 4 is 11.8 Å². The van der Waals surface area contributed by atoms with Crippen LogP contribution in [0.25, 0.3) is 0 Å². The zero-order valence-electron chi connectivity index (χ0n) is 16.1. The van der Waals surface area contributed by atoms with Crippen LogP contribution in [0.5, 0.6) is 0 Å². The SMILES string of the molecule is CCCC1(c2ccccc2)CC(=O)N(CCC(C)N(CC)CC)C1=O. The highest BCUT2D eigenvalue weighted by molar-refractivity contribution is 6.09. The molecule has 1 aromatic carbocycles. The summed E-state index contributed by atoms with van der Waals surface area (Å²) in [5.74, 6) is -0.0219. The van der Waals surface area contributed by atoms with E-state index in [1.165, 1.54) is 4.90 Å². The fraction of sp³-hybridized carbons (Fsp3) is 0.619. The fourth-order valence-electron chi connectivity index (χ4n) is 4.12. The molecule has 1 heterocycles.